The number of anilines is 3. The first-order chi connectivity index (χ1) is 17.8. The molecule has 3 aromatic rings. The summed E-state index contributed by atoms with van der Waals surface area (Å²) in [4.78, 5) is 10.2. The van der Waals surface area contributed by atoms with Crippen LogP contribution in [0.25, 0.3) is 16.8 Å². The summed E-state index contributed by atoms with van der Waals surface area (Å²) in [6, 6.07) is 1.71. The van der Waals surface area contributed by atoms with Crippen LogP contribution in [0.3, 0.4) is 0 Å². The summed E-state index contributed by atoms with van der Waals surface area (Å²) in [6.07, 6.45) is 1.44. The van der Waals surface area contributed by atoms with Gasteiger partial charge in [-0.3, -0.25) is 9.29 Å². The molecule has 2 fully saturated rings. The third-order valence-corrected chi connectivity index (χ3v) is 6.53. The Hall–Kier alpha value is -3.59. The van der Waals surface area contributed by atoms with Gasteiger partial charge >= 0.3 is 0 Å². The molecule has 3 aromatic heterocycles. The smallest absolute Gasteiger partial charge is 0.280 e. The van der Waals surface area contributed by atoms with Crippen molar-refractivity contribution in [1.82, 2.24) is 24.5 Å². The molecule has 5 N–H and O–H groups in total. The Balaban J connectivity index is 1.41. The number of alkyl halides is 3. The Bertz CT molecular complexity index is 1300. The molecule has 0 amide bonds. The maximum absolute atomic E-state index is 15.1. The van der Waals surface area contributed by atoms with E-state index in [-0.39, 0.29) is 65.5 Å². The minimum Gasteiger partial charge on any atom is -0.382 e. The number of nitrogens with two attached hydrogens (primary N) is 1. The predicted octanol–water partition coefficient (Wildman–Crippen LogP) is 3.47. The van der Waals surface area contributed by atoms with E-state index in [0.717, 1.165) is 10.7 Å². The van der Waals surface area contributed by atoms with Crippen molar-refractivity contribution in [3.8, 4) is 11.3 Å². The normalized spacial score (nSPS) is 20.1. The maximum atomic E-state index is 15.1. The highest BCUT2D eigenvalue weighted by Gasteiger charge is 2.47. The molecule has 198 valence electrons. The summed E-state index contributed by atoms with van der Waals surface area (Å²) in [5, 5.41) is 13.1. The Morgan fingerprint density at radius 3 is 2.76 bits per heavy atom. The van der Waals surface area contributed by atoms with Gasteiger partial charge in [0.1, 0.15) is 11.2 Å². The SMILES string of the molecule is N=Nc1ccc(-c2c(F)cn3nc(N[C@@H]4CCN(C5COC5)CC4(F)F)nc(N)c23)nc1NCCCF. The summed E-state index contributed by atoms with van der Waals surface area (Å²) < 4.78 is 63.6. The van der Waals surface area contributed by atoms with Gasteiger partial charge in [0.2, 0.25) is 5.95 Å². The number of aromatic nitrogens is 4. The van der Waals surface area contributed by atoms with Gasteiger partial charge in [-0.1, -0.05) is 0 Å². The fraction of sp³-hybridized carbons (Fsp3) is 0.500. The Morgan fingerprint density at radius 1 is 1.27 bits per heavy atom. The van der Waals surface area contributed by atoms with Gasteiger partial charge in [-0.25, -0.2) is 28.2 Å². The number of rotatable bonds is 9. The van der Waals surface area contributed by atoms with Gasteiger partial charge in [-0.05, 0) is 25.0 Å². The third-order valence-electron chi connectivity index (χ3n) is 6.53. The molecule has 15 heteroatoms. The average Bonchev–Trinajstić information content (AvgIpc) is 3.15. The van der Waals surface area contributed by atoms with Crippen LogP contribution in [0.2, 0.25) is 0 Å². The molecule has 0 spiro atoms. The molecule has 2 aliphatic heterocycles. The van der Waals surface area contributed by atoms with Crippen molar-refractivity contribution in [3.05, 3.63) is 24.1 Å². The number of hydrogen-bond donors (Lipinski definition) is 4. The predicted molar refractivity (Wildman–Crippen MR) is 128 cm³/mol. The molecule has 37 heavy (non-hydrogen) atoms. The number of pyridine rings is 1. The number of nitrogens with one attached hydrogen (secondary N) is 3. The molecular weight excluding hydrogens is 496 g/mol. The van der Waals surface area contributed by atoms with Gasteiger partial charge in [0, 0.05) is 13.1 Å². The van der Waals surface area contributed by atoms with Gasteiger partial charge in [-0.2, -0.15) is 10.1 Å². The van der Waals surface area contributed by atoms with Crippen molar-refractivity contribution in [3.63, 3.8) is 0 Å². The molecule has 0 aromatic carbocycles. The quantitative estimate of drug-likeness (QED) is 0.190. The van der Waals surface area contributed by atoms with Gasteiger partial charge < -0.3 is 21.1 Å². The number of nitrogen functional groups attached to an aromatic ring is 1. The molecule has 5 rings (SSSR count). The minimum absolute atomic E-state index is 0.00419. The van der Waals surface area contributed by atoms with Crippen LogP contribution in [0.4, 0.5) is 40.8 Å². The lowest BCUT2D eigenvalue weighted by molar-refractivity contribution is -0.131. The summed E-state index contributed by atoms with van der Waals surface area (Å²) in [6.45, 7) is 0.672. The number of likely N-dealkylation sites (tertiary alicyclic amines) is 1. The lowest BCUT2D eigenvalue weighted by atomic mass is 9.98. The number of halogens is 4. The van der Waals surface area contributed by atoms with Gasteiger partial charge in [0.15, 0.2) is 17.5 Å². The molecule has 0 aliphatic carbocycles. The molecule has 0 radical (unpaired) electrons. The maximum Gasteiger partial charge on any atom is 0.280 e. The van der Waals surface area contributed by atoms with Crippen LogP contribution in [0, 0.1) is 11.3 Å². The van der Waals surface area contributed by atoms with Crippen molar-refractivity contribution < 1.29 is 22.3 Å². The highest BCUT2D eigenvalue weighted by molar-refractivity contribution is 5.88. The Labute approximate surface area is 208 Å². The lowest BCUT2D eigenvalue weighted by Crippen LogP contribution is -2.61. The van der Waals surface area contributed by atoms with Crippen molar-refractivity contribution in [2.24, 2.45) is 5.11 Å². The van der Waals surface area contributed by atoms with E-state index in [9.17, 15) is 13.2 Å². The number of ether oxygens (including phenoxy) is 1. The van der Waals surface area contributed by atoms with E-state index in [1.165, 1.54) is 12.1 Å². The minimum atomic E-state index is -3.05. The number of nitrogens with zero attached hydrogens (tertiary/aromatic N) is 6. The van der Waals surface area contributed by atoms with E-state index in [4.69, 9.17) is 16.0 Å². The topological polar surface area (TPSA) is 142 Å². The standard InChI is InChI=1S/C22H26F4N10O/c23-5-1-6-29-20-15(33-28)3-2-14(30-20)17-13(24)8-36-18(17)19(27)32-21(34-36)31-16-4-7-35(11-22(16,25)26)12-9-37-10-12/h2-3,8,12,16,28H,1,4-7,9-11H2,(H,29,30)(H3,27,31,32,34)/t16-/m1/s1. The molecule has 1 atom stereocenters. The second kappa shape index (κ2) is 10.0. The number of piperidine rings is 1. The Kier molecular flexibility index (Phi) is 6.81. The lowest BCUT2D eigenvalue weighted by Gasteiger charge is -2.44. The van der Waals surface area contributed by atoms with Crippen LogP contribution < -0.4 is 16.4 Å². The summed E-state index contributed by atoms with van der Waals surface area (Å²) in [5.74, 6) is -3.86. The first-order valence-electron chi connectivity index (χ1n) is 11.8. The molecule has 2 aliphatic rings. The van der Waals surface area contributed by atoms with Crippen LogP contribution in [0.5, 0.6) is 0 Å². The average molecular weight is 523 g/mol. The van der Waals surface area contributed by atoms with Crippen LogP contribution in [0.1, 0.15) is 12.8 Å². The molecule has 11 nitrogen and oxygen atoms in total. The molecule has 0 saturated carbocycles. The number of fused-ring (bicyclic) bond motifs is 1. The van der Waals surface area contributed by atoms with Gasteiger partial charge in [0.25, 0.3) is 5.92 Å². The zero-order valence-electron chi connectivity index (χ0n) is 19.7. The molecule has 0 bridgehead atoms. The highest BCUT2D eigenvalue weighted by Crippen LogP contribution is 2.35. The van der Waals surface area contributed by atoms with Crippen LogP contribution in [0.15, 0.2) is 23.4 Å². The summed E-state index contributed by atoms with van der Waals surface area (Å²) in [7, 11) is 0. The van der Waals surface area contributed by atoms with E-state index in [0.29, 0.717) is 19.8 Å². The fourth-order valence-corrected chi connectivity index (χ4v) is 4.52. The van der Waals surface area contributed by atoms with E-state index in [1.807, 2.05) is 0 Å². The third kappa shape index (κ3) is 4.87. The van der Waals surface area contributed by atoms with Crippen LogP contribution >= 0.6 is 0 Å². The first kappa shape index (κ1) is 25.1. The second-order valence-electron chi connectivity index (χ2n) is 9.02. The highest BCUT2D eigenvalue weighted by atomic mass is 19.3. The molecular formula is C22H26F4N10O. The van der Waals surface area contributed by atoms with E-state index in [2.05, 4.69) is 30.8 Å². The first-order valence-corrected chi connectivity index (χ1v) is 11.8. The van der Waals surface area contributed by atoms with Crippen molar-refractivity contribution in [2.75, 3.05) is 55.9 Å². The van der Waals surface area contributed by atoms with Crippen molar-refractivity contribution in [1.29, 1.82) is 5.53 Å². The molecule has 5 heterocycles. The second-order valence-corrected chi connectivity index (χ2v) is 9.02. The molecule has 0 unspecified atom stereocenters. The molecule has 2 saturated heterocycles. The zero-order valence-corrected chi connectivity index (χ0v) is 19.7. The number of hydrogen-bond acceptors (Lipinski definition) is 10. The van der Waals surface area contributed by atoms with Gasteiger partial charge in [-0.15, -0.1) is 5.10 Å². The van der Waals surface area contributed by atoms with E-state index < -0.39 is 31.0 Å². The van der Waals surface area contributed by atoms with Crippen molar-refractivity contribution >= 4 is 28.8 Å². The Morgan fingerprint density at radius 2 is 2.08 bits per heavy atom. The summed E-state index contributed by atoms with van der Waals surface area (Å²) in [5.41, 5.74) is 13.9. The van der Waals surface area contributed by atoms with Crippen LogP contribution in [-0.2, 0) is 4.74 Å². The van der Waals surface area contributed by atoms with Crippen molar-refractivity contribution in [2.45, 2.75) is 30.8 Å². The largest absolute Gasteiger partial charge is 0.382 e. The van der Waals surface area contributed by atoms with E-state index in [1.54, 1.807) is 4.90 Å². The fourth-order valence-electron chi connectivity index (χ4n) is 4.52. The summed E-state index contributed by atoms with van der Waals surface area (Å²) >= 11 is 0. The zero-order chi connectivity index (χ0) is 26.2. The van der Waals surface area contributed by atoms with Gasteiger partial charge in [0.05, 0.1) is 56.0 Å². The monoisotopic (exact) mass is 522 g/mol. The van der Waals surface area contributed by atoms with E-state index >= 15 is 4.39 Å². The van der Waals surface area contributed by atoms with Crippen LogP contribution in [-0.4, -0.2) is 82.0 Å².